The minimum Gasteiger partial charge on any atom is -0.504 e. The normalized spacial score (nSPS) is 11.3. The minimum atomic E-state index is -0.611. The van der Waals surface area contributed by atoms with Crippen LogP contribution < -0.4 is 0 Å². The van der Waals surface area contributed by atoms with Crippen molar-refractivity contribution < 1.29 is 14.6 Å². The number of nitrogens with zero attached hydrogens (tertiary/aromatic N) is 4. The maximum Gasteiger partial charge on any atom is 0.360 e. The number of imidazole rings is 1. The van der Waals surface area contributed by atoms with Gasteiger partial charge in [-0.15, -0.1) is 10.2 Å². The van der Waals surface area contributed by atoms with Crippen molar-refractivity contribution in [2.24, 2.45) is 10.2 Å². The van der Waals surface area contributed by atoms with E-state index in [4.69, 9.17) is 4.74 Å². The summed E-state index contributed by atoms with van der Waals surface area (Å²) in [5, 5.41) is 18.5. The molecular weight excluding hydrogens is 320 g/mol. The maximum atomic E-state index is 12.2. The molecule has 0 saturated heterocycles. The van der Waals surface area contributed by atoms with E-state index in [0.717, 1.165) is 11.1 Å². The SMILES string of the molecule is CCOC(=O)c1nc2c(O)cccn2c1N=Nc1cccc(C)c1C. The molecule has 1 N–H and O–H groups in total. The quantitative estimate of drug-likeness (QED) is 0.569. The van der Waals surface area contributed by atoms with Crippen LogP contribution in [0.5, 0.6) is 5.75 Å². The number of benzene rings is 1. The topological polar surface area (TPSA) is 88.5 Å². The second kappa shape index (κ2) is 6.72. The summed E-state index contributed by atoms with van der Waals surface area (Å²) in [6.07, 6.45) is 1.65. The first-order chi connectivity index (χ1) is 12.0. The number of rotatable bonds is 4. The first-order valence-corrected chi connectivity index (χ1v) is 7.88. The fourth-order valence-corrected chi connectivity index (χ4v) is 2.42. The van der Waals surface area contributed by atoms with E-state index in [-0.39, 0.29) is 29.5 Å². The number of azo groups is 1. The number of fused-ring (bicyclic) bond motifs is 1. The zero-order valence-electron chi connectivity index (χ0n) is 14.2. The molecule has 0 aliphatic heterocycles. The van der Waals surface area contributed by atoms with Gasteiger partial charge in [-0.1, -0.05) is 12.1 Å². The molecule has 1 aromatic carbocycles. The van der Waals surface area contributed by atoms with E-state index in [2.05, 4.69) is 15.2 Å². The van der Waals surface area contributed by atoms with Crippen molar-refractivity contribution in [2.45, 2.75) is 20.8 Å². The summed E-state index contributed by atoms with van der Waals surface area (Å²) in [6, 6.07) is 8.85. The molecule has 0 radical (unpaired) electrons. The Morgan fingerprint density at radius 3 is 2.80 bits per heavy atom. The Hall–Kier alpha value is -3.22. The van der Waals surface area contributed by atoms with Gasteiger partial charge in [-0.25, -0.2) is 9.78 Å². The number of carbonyl (C=O) groups excluding carboxylic acids is 1. The number of carbonyl (C=O) groups is 1. The molecule has 2 heterocycles. The van der Waals surface area contributed by atoms with Gasteiger partial charge in [0.2, 0.25) is 0 Å². The summed E-state index contributed by atoms with van der Waals surface area (Å²) < 4.78 is 6.54. The molecule has 0 unspecified atom stereocenters. The summed E-state index contributed by atoms with van der Waals surface area (Å²) in [4.78, 5) is 16.4. The second-order valence-electron chi connectivity index (χ2n) is 5.51. The van der Waals surface area contributed by atoms with E-state index < -0.39 is 5.97 Å². The number of aryl methyl sites for hydroxylation is 1. The Kier molecular flexibility index (Phi) is 4.47. The first-order valence-electron chi connectivity index (χ1n) is 7.88. The average Bonchev–Trinajstić information content (AvgIpc) is 2.97. The van der Waals surface area contributed by atoms with E-state index in [9.17, 15) is 9.90 Å². The molecular formula is C18H18N4O3. The number of pyridine rings is 1. The second-order valence-corrected chi connectivity index (χ2v) is 5.51. The molecule has 3 aromatic rings. The van der Waals surface area contributed by atoms with Crippen LogP contribution in [-0.2, 0) is 4.74 Å². The van der Waals surface area contributed by atoms with Gasteiger partial charge in [0.15, 0.2) is 22.9 Å². The maximum absolute atomic E-state index is 12.2. The lowest BCUT2D eigenvalue weighted by molar-refractivity contribution is 0.0521. The Bertz CT molecular complexity index is 976. The molecule has 7 nitrogen and oxygen atoms in total. The van der Waals surface area contributed by atoms with E-state index in [0.29, 0.717) is 5.69 Å². The zero-order chi connectivity index (χ0) is 18.0. The molecule has 7 heteroatoms. The van der Waals surface area contributed by atoms with Crippen LogP contribution in [0, 0.1) is 13.8 Å². The van der Waals surface area contributed by atoms with Crippen molar-refractivity contribution in [1.82, 2.24) is 9.38 Å². The number of aromatic hydroxyl groups is 1. The molecule has 0 amide bonds. The number of hydrogen-bond donors (Lipinski definition) is 1. The van der Waals surface area contributed by atoms with Crippen molar-refractivity contribution in [3.05, 3.63) is 53.3 Å². The molecule has 3 rings (SSSR count). The van der Waals surface area contributed by atoms with E-state index in [1.165, 1.54) is 10.5 Å². The van der Waals surface area contributed by atoms with Gasteiger partial charge in [0.05, 0.1) is 12.3 Å². The van der Waals surface area contributed by atoms with Gasteiger partial charge >= 0.3 is 5.97 Å². The van der Waals surface area contributed by atoms with Crippen molar-refractivity contribution in [1.29, 1.82) is 0 Å². The lowest BCUT2D eigenvalue weighted by Gasteiger charge is -2.03. The summed E-state index contributed by atoms with van der Waals surface area (Å²) >= 11 is 0. The van der Waals surface area contributed by atoms with Crippen molar-refractivity contribution in [2.75, 3.05) is 6.61 Å². The highest BCUT2D eigenvalue weighted by Gasteiger charge is 2.21. The fourth-order valence-electron chi connectivity index (χ4n) is 2.42. The van der Waals surface area contributed by atoms with Crippen LogP contribution in [0.3, 0.4) is 0 Å². The third kappa shape index (κ3) is 3.08. The third-order valence-electron chi connectivity index (χ3n) is 3.90. The Balaban J connectivity index is 2.15. The summed E-state index contributed by atoms with van der Waals surface area (Å²) in [6.45, 7) is 5.87. The predicted octanol–water partition coefficient (Wildman–Crippen LogP) is 4.25. The molecule has 25 heavy (non-hydrogen) atoms. The molecule has 128 valence electrons. The Morgan fingerprint density at radius 1 is 1.24 bits per heavy atom. The van der Waals surface area contributed by atoms with Gasteiger partial charge in [-0.3, -0.25) is 4.40 Å². The van der Waals surface area contributed by atoms with Crippen LogP contribution in [0.15, 0.2) is 46.8 Å². The third-order valence-corrected chi connectivity index (χ3v) is 3.90. The highest BCUT2D eigenvalue weighted by molar-refractivity contribution is 5.93. The van der Waals surface area contributed by atoms with Crippen LogP contribution in [0.25, 0.3) is 5.65 Å². The van der Waals surface area contributed by atoms with Gasteiger partial charge in [-0.05, 0) is 50.1 Å². The van der Waals surface area contributed by atoms with Crippen molar-refractivity contribution in [3.8, 4) is 5.75 Å². The van der Waals surface area contributed by atoms with Crippen LogP contribution in [0.4, 0.5) is 11.5 Å². The van der Waals surface area contributed by atoms with E-state index in [1.54, 1.807) is 19.2 Å². The standard InChI is InChI=1S/C18H18N4O3/c1-4-25-18(24)15-17(22-10-6-9-14(23)16(22)19-15)21-20-13-8-5-7-11(2)12(13)3/h5-10,23H,4H2,1-3H3. The number of esters is 1. The minimum absolute atomic E-state index is 0.0115. The molecule has 0 aliphatic carbocycles. The number of hydrogen-bond acceptors (Lipinski definition) is 6. The predicted molar refractivity (Wildman–Crippen MR) is 92.9 cm³/mol. The van der Waals surface area contributed by atoms with Gasteiger partial charge in [0, 0.05) is 6.20 Å². The molecule has 0 fully saturated rings. The van der Waals surface area contributed by atoms with Crippen LogP contribution >= 0.6 is 0 Å². The Morgan fingerprint density at radius 2 is 2.04 bits per heavy atom. The van der Waals surface area contributed by atoms with Crippen LogP contribution in [-0.4, -0.2) is 27.1 Å². The monoisotopic (exact) mass is 338 g/mol. The molecule has 0 spiro atoms. The fraction of sp³-hybridized carbons (Fsp3) is 0.222. The lowest BCUT2D eigenvalue weighted by Crippen LogP contribution is -2.05. The van der Waals surface area contributed by atoms with Gasteiger partial charge in [-0.2, -0.15) is 0 Å². The number of ether oxygens (including phenoxy) is 1. The molecule has 0 aliphatic rings. The zero-order valence-corrected chi connectivity index (χ0v) is 14.2. The van der Waals surface area contributed by atoms with Gasteiger partial charge in [0.25, 0.3) is 0 Å². The first kappa shape index (κ1) is 16.6. The van der Waals surface area contributed by atoms with E-state index >= 15 is 0 Å². The largest absolute Gasteiger partial charge is 0.504 e. The average molecular weight is 338 g/mol. The van der Waals surface area contributed by atoms with Crippen LogP contribution in [0.1, 0.15) is 28.5 Å². The van der Waals surface area contributed by atoms with Gasteiger partial charge in [0.1, 0.15) is 0 Å². The molecule has 0 saturated carbocycles. The van der Waals surface area contributed by atoms with Crippen LogP contribution in [0.2, 0.25) is 0 Å². The van der Waals surface area contributed by atoms with Gasteiger partial charge < -0.3 is 9.84 Å². The highest BCUT2D eigenvalue weighted by atomic mass is 16.5. The molecule has 2 aromatic heterocycles. The summed E-state index contributed by atoms with van der Waals surface area (Å²) in [5.74, 6) is -0.452. The van der Waals surface area contributed by atoms with Crippen molar-refractivity contribution in [3.63, 3.8) is 0 Å². The Labute approximate surface area is 144 Å². The highest BCUT2D eigenvalue weighted by Crippen LogP contribution is 2.30. The molecule has 0 atom stereocenters. The molecule has 0 bridgehead atoms. The summed E-state index contributed by atoms with van der Waals surface area (Å²) in [7, 11) is 0. The number of aromatic nitrogens is 2. The smallest absolute Gasteiger partial charge is 0.360 e. The van der Waals surface area contributed by atoms with Crippen molar-refractivity contribution >= 4 is 23.1 Å². The summed E-state index contributed by atoms with van der Waals surface area (Å²) in [5.41, 5.74) is 3.03. The van der Waals surface area contributed by atoms with E-state index in [1.807, 2.05) is 32.0 Å². The lowest BCUT2D eigenvalue weighted by atomic mass is 10.1.